The minimum absolute atomic E-state index is 0.841. The molecule has 5 nitrogen and oxygen atoms in total. The fourth-order valence-electron chi connectivity index (χ4n) is 2.53. The number of rotatable bonds is 5. The van der Waals surface area contributed by atoms with Crippen molar-refractivity contribution < 1.29 is 0 Å². The second kappa shape index (κ2) is 7.04. The average molecular weight is 303 g/mol. The molecular formula is C15H21N5S. The van der Waals surface area contributed by atoms with Crippen LogP contribution < -0.4 is 5.32 Å². The first-order valence-corrected chi connectivity index (χ1v) is 8.44. The molecule has 112 valence electrons. The molecule has 3 heterocycles. The summed E-state index contributed by atoms with van der Waals surface area (Å²) < 4.78 is 2.27. The lowest BCUT2D eigenvalue weighted by Crippen LogP contribution is -2.13. The number of nitrogens with zero attached hydrogens (tertiary/aromatic N) is 4. The average Bonchev–Trinajstić information content (AvgIpc) is 2.74. The van der Waals surface area contributed by atoms with Crippen LogP contribution in [0.25, 0.3) is 0 Å². The number of pyridine rings is 1. The number of aromatic nitrogens is 4. The van der Waals surface area contributed by atoms with Gasteiger partial charge in [0.25, 0.3) is 0 Å². The maximum atomic E-state index is 4.52. The van der Waals surface area contributed by atoms with Gasteiger partial charge < -0.3 is 9.88 Å². The molecule has 6 heteroatoms. The number of hydrogen-bond donors (Lipinski definition) is 1. The summed E-state index contributed by atoms with van der Waals surface area (Å²) in [6.07, 6.45) is 6.60. The van der Waals surface area contributed by atoms with Crippen LogP contribution in [0.1, 0.15) is 37.6 Å². The lowest BCUT2D eigenvalue weighted by Gasteiger charge is -2.09. The molecule has 2 aromatic heterocycles. The third-order valence-electron chi connectivity index (χ3n) is 3.68. The molecule has 0 spiro atoms. The van der Waals surface area contributed by atoms with Crippen molar-refractivity contribution in [2.45, 2.75) is 55.9 Å². The Balaban J connectivity index is 1.82. The third-order valence-corrected chi connectivity index (χ3v) is 4.72. The molecule has 0 bridgehead atoms. The molecule has 1 aliphatic heterocycles. The summed E-state index contributed by atoms with van der Waals surface area (Å²) in [4.78, 5) is 4.52. The van der Waals surface area contributed by atoms with E-state index in [4.69, 9.17) is 0 Å². The molecule has 0 atom stereocenters. The van der Waals surface area contributed by atoms with Crippen LogP contribution in [0.15, 0.2) is 28.5 Å². The summed E-state index contributed by atoms with van der Waals surface area (Å²) in [6, 6.07) is 4.11. The van der Waals surface area contributed by atoms with E-state index in [1.807, 2.05) is 12.3 Å². The van der Waals surface area contributed by atoms with Gasteiger partial charge in [-0.15, -0.1) is 10.2 Å². The van der Waals surface area contributed by atoms with E-state index in [2.05, 4.69) is 38.1 Å². The molecule has 0 radical (unpaired) electrons. The van der Waals surface area contributed by atoms with Crippen molar-refractivity contribution in [3.05, 3.63) is 29.7 Å². The highest BCUT2D eigenvalue weighted by atomic mass is 32.2. The Morgan fingerprint density at radius 2 is 2.24 bits per heavy atom. The van der Waals surface area contributed by atoms with Crippen molar-refractivity contribution in [3.63, 3.8) is 0 Å². The van der Waals surface area contributed by atoms with Crippen LogP contribution in [0.5, 0.6) is 0 Å². The van der Waals surface area contributed by atoms with E-state index in [9.17, 15) is 0 Å². The maximum Gasteiger partial charge on any atom is 0.197 e. The topological polar surface area (TPSA) is 55.6 Å². The molecule has 2 aromatic rings. The van der Waals surface area contributed by atoms with E-state index in [0.29, 0.717) is 0 Å². The predicted molar refractivity (Wildman–Crippen MR) is 83.3 cm³/mol. The molecule has 1 N–H and O–H groups in total. The molecule has 0 aliphatic carbocycles. The number of aryl methyl sites for hydroxylation is 1. The first kappa shape index (κ1) is 14.5. The van der Waals surface area contributed by atoms with Crippen LogP contribution in [0.4, 0.5) is 0 Å². The maximum absolute atomic E-state index is 4.52. The van der Waals surface area contributed by atoms with Crippen LogP contribution in [0.3, 0.4) is 0 Å². The minimum atomic E-state index is 0.841. The molecule has 1 aliphatic rings. The fourth-order valence-corrected chi connectivity index (χ4v) is 3.48. The second-order valence-electron chi connectivity index (χ2n) is 5.21. The van der Waals surface area contributed by atoms with Crippen molar-refractivity contribution >= 4 is 11.8 Å². The molecule has 21 heavy (non-hydrogen) atoms. The molecule has 0 saturated heterocycles. The summed E-state index contributed by atoms with van der Waals surface area (Å²) in [5.41, 5.74) is 1.22. The molecule has 0 fully saturated rings. The highest BCUT2D eigenvalue weighted by Gasteiger charge is 2.17. The van der Waals surface area contributed by atoms with Gasteiger partial charge >= 0.3 is 0 Å². The molecule has 0 amide bonds. The normalized spacial score (nSPS) is 14.7. The van der Waals surface area contributed by atoms with Crippen LogP contribution in [0, 0.1) is 0 Å². The van der Waals surface area contributed by atoms with E-state index >= 15 is 0 Å². The van der Waals surface area contributed by atoms with Crippen LogP contribution in [-0.4, -0.2) is 26.3 Å². The highest BCUT2D eigenvalue weighted by Crippen LogP contribution is 2.29. The number of fused-ring (bicyclic) bond motifs is 1. The zero-order chi connectivity index (χ0) is 14.5. The highest BCUT2D eigenvalue weighted by molar-refractivity contribution is 7.99. The molecular weight excluding hydrogens is 282 g/mol. The molecule has 0 aromatic carbocycles. The molecule has 0 unspecified atom stereocenters. The SMILES string of the molecule is CCNCc1cccnc1Sc1nnc2n1CCCCC2. The summed E-state index contributed by atoms with van der Waals surface area (Å²) in [6.45, 7) is 4.94. The van der Waals surface area contributed by atoms with Crippen molar-refractivity contribution in [2.75, 3.05) is 6.54 Å². The standard InChI is InChI=1S/C15H21N5S/c1-2-16-11-12-7-6-9-17-14(12)21-15-19-18-13-8-4-3-5-10-20(13)15/h6-7,9,16H,2-5,8,10-11H2,1H3. The van der Waals surface area contributed by atoms with Crippen molar-refractivity contribution in [1.29, 1.82) is 0 Å². The van der Waals surface area contributed by atoms with E-state index in [-0.39, 0.29) is 0 Å². The first-order valence-electron chi connectivity index (χ1n) is 7.63. The Labute approximate surface area is 129 Å². The Bertz CT molecular complexity index is 595. The van der Waals surface area contributed by atoms with Gasteiger partial charge in [-0.3, -0.25) is 0 Å². The van der Waals surface area contributed by atoms with Gasteiger partial charge in [-0.1, -0.05) is 19.4 Å². The van der Waals surface area contributed by atoms with Gasteiger partial charge in [0.1, 0.15) is 10.9 Å². The van der Waals surface area contributed by atoms with E-state index < -0.39 is 0 Å². The van der Waals surface area contributed by atoms with Crippen LogP contribution in [0.2, 0.25) is 0 Å². The van der Waals surface area contributed by atoms with Gasteiger partial charge in [-0.05, 0) is 42.8 Å². The van der Waals surface area contributed by atoms with Crippen molar-refractivity contribution in [3.8, 4) is 0 Å². The van der Waals surface area contributed by atoms with Crippen molar-refractivity contribution in [2.24, 2.45) is 0 Å². The Morgan fingerprint density at radius 3 is 3.14 bits per heavy atom. The Morgan fingerprint density at radius 1 is 1.29 bits per heavy atom. The predicted octanol–water partition coefficient (Wildman–Crippen LogP) is 2.66. The summed E-state index contributed by atoms with van der Waals surface area (Å²) >= 11 is 1.63. The van der Waals surface area contributed by atoms with Gasteiger partial charge in [0.2, 0.25) is 0 Å². The summed E-state index contributed by atoms with van der Waals surface area (Å²) in [5, 5.41) is 14.1. The van der Waals surface area contributed by atoms with Crippen molar-refractivity contribution in [1.82, 2.24) is 25.1 Å². The van der Waals surface area contributed by atoms with Gasteiger partial charge in [0.05, 0.1) is 0 Å². The largest absolute Gasteiger partial charge is 0.313 e. The van der Waals surface area contributed by atoms with Crippen LogP contribution >= 0.6 is 11.8 Å². The van der Waals surface area contributed by atoms with Gasteiger partial charge in [0, 0.05) is 25.7 Å². The van der Waals surface area contributed by atoms with E-state index in [0.717, 1.165) is 42.1 Å². The van der Waals surface area contributed by atoms with Gasteiger partial charge in [0.15, 0.2) is 5.16 Å². The van der Waals surface area contributed by atoms with Gasteiger partial charge in [-0.2, -0.15) is 0 Å². The number of nitrogens with one attached hydrogen (secondary N) is 1. The second-order valence-corrected chi connectivity index (χ2v) is 6.17. The third kappa shape index (κ3) is 3.44. The monoisotopic (exact) mass is 303 g/mol. The number of hydrogen-bond acceptors (Lipinski definition) is 5. The van der Waals surface area contributed by atoms with E-state index in [1.54, 1.807) is 11.8 Å². The zero-order valence-electron chi connectivity index (χ0n) is 12.4. The Kier molecular flexibility index (Phi) is 4.87. The summed E-state index contributed by atoms with van der Waals surface area (Å²) in [5.74, 6) is 1.12. The quantitative estimate of drug-likeness (QED) is 0.920. The lowest BCUT2D eigenvalue weighted by atomic mass is 10.2. The molecule has 0 saturated carbocycles. The Hall–Kier alpha value is -1.40. The lowest BCUT2D eigenvalue weighted by molar-refractivity contribution is 0.590. The minimum Gasteiger partial charge on any atom is -0.313 e. The van der Waals surface area contributed by atoms with E-state index in [1.165, 1.54) is 24.8 Å². The fraction of sp³-hybridized carbons (Fsp3) is 0.533. The molecule has 3 rings (SSSR count). The smallest absolute Gasteiger partial charge is 0.197 e. The van der Waals surface area contributed by atoms with Crippen LogP contribution in [-0.2, 0) is 19.5 Å². The van der Waals surface area contributed by atoms with Gasteiger partial charge in [-0.25, -0.2) is 4.98 Å². The summed E-state index contributed by atoms with van der Waals surface area (Å²) in [7, 11) is 0. The first-order chi connectivity index (χ1) is 10.4. The zero-order valence-corrected chi connectivity index (χ0v) is 13.2.